The van der Waals surface area contributed by atoms with Gasteiger partial charge in [0.1, 0.15) is 6.61 Å². The molecule has 0 radical (unpaired) electrons. The first-order valence-corrected chi connectivity index (χ1v) is 15.3. The second kappa shape index (κ2) is 12.2. The predicted molar refractivity (Wildman–Crippen MR) is 164 cm³/mol. The lowest BCUT2D eigenvalue weighted by Gasteiger charge is -2.29. The van der Waals surface area contributed by atoms with Crippen LogP contribution in [0.3, 0.4) is 0 Å². The fourth-order valence-electron chi connectivity index (χ4n) is 5.26. The summed E-state index contributed by atoms with van der Waals surface area (Å²) in [6.07, 6.45) is 6.08. The number of hydrogen-bond acceptors (Lipinski definition) is 8. The lowest BCUT2D eigenvalue weighted by atomic mass is 9.93. The summed E-state index contributed by atoms with van der Waals surface area (Å²) in [5.74, 6) is 0.955. The highest BCUT2D eigenvalue weighted by atomic mass is 32.2. The number of rotatable bonds is 8. The molecule has 214 valence electrons. The summed E-state index contributed by atoms with van der Waals surface area (Å²) >= 11 is 1.51. The minimum Gasteiger partial charge on any atom is -0.445 e. The van der Waals surface area contributed by atoms with E-state index in [1.54, 1.807) is 9.42 Å². The Labute approximate surface area is 249 Å². The maximum atomic E-state index is 12.8. The Kier molecular flexibility index (Phi) is 8.05. The molecule has 10 heteroatoms. The largest absolute Gasteiger partial charge is 0.445 e. The molecule has 3 aromatic heterocycles. The lowest BCUT2D eigenvalue weighted by Crippen LogP contribution is -2.36. The third-order valence-electron chi connectivity index (χ3n) is 7.50. The SMILES string of the molecule is CSc1nc(NCc2ccccc2-c2nccc3c2CCN(C(=O)OCc2ccccc2)C3)n2ncc(C(C)C)c2n1. The number of amides is 1. The summed E-state index contributed by atoms with van der Waals surface area (Å²) in [5.41, 5.74) is 8.24. The van der Waals surface area contributed by atoms with Gasteiger partial charge in [-0.1, -0.05) is 80.2 Å². The molecule has 5 aromatic rings. The number of pyridine rings is 1. The number of anilines is 1. The van der Waals surface area contributed by atoms with E-state index in [4.69, 9.17) is 19.7 Å². The first-order chi connectivity index (χ1) is 20.5. The summed E-state index contributed by atoms with van der Waals surface area (Å²) in [5, 5.41) is 8.79. The molecule has 0 fully saturated rings. The minimum atomic E-state index is -0.299. The molecule has 1 N–H and O–H groups in total. The van der Waals surface area contributed by atoms with Gasteiger partial charge in [-0.2, -0.15) is 14.6 Å². The van der Waals surface area contributed by atoms with Gasteiger partial charge in [0.2, 0.25) is 5.95 Å². The molecule has 0 spiro atoms. The van der Waals surface area contributed by atoms with Crippen molar-refractivity contribution in [1.29, 1.82) is 0 Å². The standard InChI is InChI=1S/C32H33N7O2S/c1-21(2)27-18-35-39-29(27)36-31(42-3)37-30(39)34-17-23-11-7-8-12-25(23)28-26-14-16-38(19-24(26)13-15-33-28)32(40)41-20-22-9-5-4-6-10-22/h4-13,15,18,21H,14,16-17,19-20H2,1-3H3,(H,34,36,37). The first-order valence-electron chi connectivity index (χ1n) is 14.1. The normalized spacial score (nSPS) is 12.9. The second-order valence-corrected chi connectivity index (χ2v) is 11.3. The van der Waals surface area contributed by atoms with Gasteiger partial charge in [0.15, 0.2) is 10.8 Å². The molecular weight excluding hydrogens is 546 g/mol. The number of aromatic nitrogens is 5. The predicted octanol–water partition coefficient (Wildman–Crippen LogP) is 6.34. The average molecular weight is 580 g/mol. The van der Waals surface area contributed by atoms with Crippen LogP contribution >= 0.6 is 11.8 Å². The van der Waals surface area contributed by atoms with E-state index in [9.17, 15) is 4.79 Å². The van der Waals surface area contributed by atoms with E-state index in [1.807, 2.05) is 67.2 Å². The Morgan fingerprint density at radius 2 is 1.88 bits per heavy atom. The highest BCUT2D eigenvalue weighted by molar-refractivity contribution is 7.98. The minimum absolute atomic E-state index is 0.263. The van der Waals surface area contributed by atoms with E-state index in [1.165, 1.54) is 17.3 Å². The van der Waals surface area contributed by atoms with Crippen LogP contribution in [0, 0.1) is 0 Å². The third kappa shape index (κ3) is 5.67. The van der Waals surface area contributed by atoms with Crippen molar-refractivity contribution in [3.05, 3.63) is 101 Å². The molecule has 0 saturated heterocycles. The van der Waals surface area contributed by atoms with Crippen LogP contribution in [-0.4, -0.2) is 48.4 Å². The molecule has 6 rings (SSSR count). The van der Waals surface area contributed by atoms with Gasteiger partial charge in [-0.05, 0) is 46.9 Å². The van der Waals surface area contributed by atoms with E-state index < -0.39 is 0 Å². The van der Waals surface area contributed by atoms with Crippen LogP contribution in [0.5, 0.6) is 0 Å². The molecule has 0 bridgehead atoms. The van der Waals surface area contributed by atoms with Gasteiger partial charge >= 0.3 is 6.09 Å². The van der Waals surface area contributed by atoms with Crippen LogP contribution in [0.25, 0.3) is 16.9 Å². The molecule has 1 aliphatic rings. The number of hydrogen-bond donors (Lipinski definition) is 1. The number of nitrogens with zero attached hydrogens (tertiary/aromatic N) is 6. The Bertz CT molecular complexity index is 1720. The molecule has 0 atom stereocenters. The topological polar surface area (TPSA) is 97.5 Å². The number of fused-ring (bicyclic) bond motifs is 2. The maximum Gasteiger partial charge on any atom is 0.410 e. The van der Waals surface area contributed by atoms with Gasteiger partial charge in [-0.25, -0.2) is 9.78 Å². The summed E-state index contributed by atoms with van der Waals surface area (Å²) in [7, 11) is 0. The maximum absolute atomic E-state index is 12.8. The zero-order valence-electron chi connectivity index (χ0n) is 23.9. The smallest absolute Gasteiger partial charge is 0.410 e. The summed E-state index contributed by atoms with van der Waals surface area (Å²) < 4.78 is 7.38. The van der Waals surface area contributed by atoms with Gasteiger partial charge in [0, 0.05) is 37.0 Å². The van der Waals surface area contributed by atoms with Crippen LogP contribution in [0.2, 0.25) is 0 Å². The fraction of sp³-hybridized carbons (Fsp3) is 0.281. The Hall–Kier alpha value is -4.44. The molecular formula is C32H33N7O2S. The Balaban J connectivity index is 1.22. The lowest BCUT2D eigenvalue weighted by molar-refractivity contribution is 0.0918. The molecule has 2 aromatic carbocycles. The van der Waals surface area contributed by atoms with E-state index in [0.29, 0.717) is 43.1 Å². The summed E-state index contributed by atoms with van der Waals surface area (Å²) in [6.45, 7) is 6.15. The van der Waals surface area contributed by atoms with E-state index in [2.05, 4.69) is 36.4 Å². The van der Waals surface area contributed by atoms with Crippen molar-refractivity contribution in [1.82, 2.24) is 29.5 Å². The van der Waals surface area contributed by atoms with Crippen molar-refractivity contribution < 1.29 is 9.53 Å². The molecule has 1 amide bonds. The molecule has 0 saturated carbocycles. The van der Waals surface area contributed by atoms with Crippen LogP contribution in [-0.2, 0) is 30.9 Å². The van der Waals surface area contributed by atoms with Crippen molar-refractivity contribution in [3.63, 3.8) is 0 Å². The van der Waals surface area contributed by atoms with Gasteiger partial charge in [-0.3, -0.25) is 4.98 Å². The zero-order valence-corrected chi connectivity index (χ0v) is 24.8. The highest BCUT2D eigenvalue weighted by Gasteiger charge is 2.25. The molecule has 1 aliphatic heterocycles. The molecule has 0 aliphatic carbocycles. The van der Waals surface area contributed by atoms with Crippen LogP contribution < -0.4 is 5.32 Å². The quantitative estimate of drug-likeness (QED) is 0.213. The van der Waals surface area contributed by atoms with Gasteiger partial charge in [0.05, 0.1) is 11.9 Å². The Morgan fingerprint density at radius 1 is 1.07 bits per heavy atom. The first kappa shape index (κ1) is 27.7. The zero-order chi connectivity index (χ0) is 29.1. The van der Waals surface area contributed by atoms with Gasteiger partial charge < -0.3 is 15.0 Å². The average Bonchev–Trinajstić information content (AvgIpc) is 3.47. The van der Waals surface area contributed by atoms with E-state index in [0.717, 1.165) is 39.2 Å². The summed E-state index contributed by atoms with van der Waals surface area (Å²) in [6, 6.07) is 20.0. The van der Waals surface area contributed by atoms with Crippen LogP contribution in [0.4, 0.5) is 10.7 Å². The van der Waals surface area contributed by atoms with Crippen molar-refractivity contribution in [2.24, 2.45) is 0 Å². The number of carbonyl (C=O) groups excluding carboxylic acids is 1. The van der Waals surface area contributed by atoms with Crippen LogP contribution in [0.1, 0.15) is 47.6 Å². The number of carbonyl (C=O) groups is 1. The number of benzene rings is 2. The Morgan fingerprint density at radius 3 is 2.69 bits per heavy atom. The van der Waals surface area contributed by atoms with E-state index in [-0.39, 0.29) is 12.7 Å². The molecule has 42 heavy (non-hydrogen) atoms. The molecule has 4 heterocycles. The molecule has 0 unspecified atom stereocenters. The monoisotopic (exact) mass is 579 g/mol. The third-order valence-corrected chi connectivity index (χ3v) is 8.05. The van der Waals surface area contributed by atoms with Crippen molar-refractivity contribution in [2.45, 2.75) is 51.0 Å². The second-order valence-electron chi connectivity index (χ2n) is 10.5. The number of ether oxygens (including phenoxy) is 1. The molecule has 9 nitrogen and oxygen atoms in total. The van der Waals surface area contributed by atoms with Crippen molar-refractivity contribution >= 4 is 29.5 Å². The van der Waals surface area contributed by atoms with E-state index >= 15 is 0 Å². The van der Waals surface area contributed by atoms with Gasteiger partial charge in [-0.15, -0.1) is 0 Å². The number of thioether (sulfide) groups is 1. The fourth-order valence-corrected chi connectivity index (χ4v) is 5.61. The number of nitrogens with one attached hydrogen (secondary N) is 1. The van der Waals surface area contributed by atoms with Crippen LogP contribution in [0.15, 0.2) is 78.2 Å². The van der Waals surface area contributed by atoms with Crippen molar-refractivity contribution in [3.8, 4) is 11.3 Å². The highest BCUT2D eigenvalue weighted by Crippen LogP contribution is 2.31. The van der Waals surface area contributed by atoms with Gasteiger partial charge in [0.25, 0.3) is 0 Å². The summed E-state index contributed by atoms with van der Waals surface area (Å²) in [4.78, 5) is 28.9. The van der Waals surface area contributed by atoms with Crippen molar-refractivity contribution in [2.75, 3.05) is 18.1 Å².